The van der Waals surface area contributed by atoms with E-state index < -0.39 is 0 Å². The monoisotopic (exact) mass is 295 g/mol. The molecule has 3 heterocycles. The van der Waals surface area contributed by atoms with Gasteiger partial charge < -0.3 is 10.4 Å². The summed E-state index contributed by atoms with van der Waals surface area (Å²) in [5.74, 6) is 1.92. The van der Waals surface area contributed by atoms with Gasteiger partial charge in [0.2, 0.25) is 0 Å². The fourth-order valence-electron chi connectivity index (χ4n) is 2.39. The molecule has 2 N–H and O–H groups in total. The first-order chi connectivity index (χ1) is 9.11. The van der Waals surface area contributed by atoms with Gasteiger partial charge in [0.05, 0.1) is 12.0 Å². The molecule has 0 amide bonds. The second kappa shape index (κ2) is 4.92. The second-order valence-electron chi connectivity index (χ2n) is 5.28. The Hall–Kier alpha value is -0.850. The first kappa shape index (κ1) is 13.1. The molecule has 0 unspecified atom stereocenters. The SMILES string of the molecule is CC1(C)Cc2c(sc3ncnc(NCCO)c23)CS1. The lowest BCUT2D eigenvalue weighted by Crippen LogP contribution is -2.22. The lowest BCUT2D eigenvalue weighted by Gasteiger charge is -2.29. The molecule has 102 valence electrons. The molecule has 1 aliphatic rings. The molecule has 0 bridgehead atoms. The molecule has 0 saturated heterocycles. The first-order valence-electron chi connectivity index (χ1n) is 6.35. The number of nitrogens with zero attached hydrogens (tertiary/aromatic N) is 2. The van der Waals surface area contributed by atoms with Crippen LogP contribution in [0.15, 0.2) is 6.33 Å². The Labute approximate surface area is 120 Å². The van der Waals surface area contributed by atoms with Gasteiger partial charge in [0, 0.05) is 21.9 Å². The Morgan fingerprint density at radius 3 is 3.05 bits per heavy atom. The average Bonchev–Trinajstić information content (AvgIpc) is 2.73. The third kappa shape index (κ3) is 2.44. The van der Waals surface area contributed by atoms with E-state index in [2.05, 4.69) is 29.1 Å². The highest BCUT2D eigenvalue weighted by Crippen LogP contribution is 2.45. The summed E-state index contributed by atoms with van der Waals surface area (Å²) in [6.07, 6.45) is 2.65. The van der Waals surface area contributed by atoms with Crippen molar-refractivity contribution in [2.45, 2.75) is 30.8 Å². The first-order valence-corrected chi connectivity index (χ1v) is 8.15. The maximum atomic E-state index is 8.97. The van der Waals surface area contributed by atoms with Gasteiger partial charge >= 0.3 is 0 Å². The lowest BCUT2D eigenvalue weighted by molar-refractivity contribution is 0.311. The Morgan fingerprint density at radius 2 is 2.26 bits per heavy atom. The van der Waals surface area contributed by atoms with Crippen molar-refractivity contribution >= 4 is 39.1 Å². The lowest BCUT2D eigenvalue weighted by atomic mass is 9.99. The number of thiophene rings is 1. The molecular weight excluding hydrogens is 278 g/mol. The summed E-state index contributed by atoms with van der Waals surface area (Å²) in [6, 6.07) is 0. The van der Waals surface area contributed by atoms with E-state index in [0.29, 0.717) is 6.54 Å². The fraction of sp³-hybridized carbons (Fsp3) is 0.538. The number of fused-ring (bicyclic) bond motifs is 3. The highest BCUT2D eigenvalue weighted by Gasteiger charge is 2.30. The maximum Gasteiger partial charge on any atom is 0.138 e. The van der Waals surface area contributed by atoms with Gasteiger partial charge in [-0.15, -0.1) is 23.1 Å². The smallest absolute Gasteiger partial charge is 0.138 e. The molecule has 6 heteroatoms. The highest BCUT2D eigenvalue weighted by molar-refractivity contribution is 8.00. The van der Waals surface area contributed by atoms with Crippen molar-refractivity contribution < 1.29 is 5.11 Å². The van der Waals surface area contributed by atoms with Crippen molar-refractivity contribution in [1.82, 2.24) is 9.97 Å². The Kier molecular flexibility index (Phi) is 3.41. The van der Waals surface area contributed by atoms with Crippen LogP contribution in [-0.4, -0.2) is 33.0 Å². The van der Waals surface area contributed by atoms with Crippen LogP contribution in [0.4, 0.5) is 5.82 Å². The van der Waals surface area contributed by atoms with Crippen molar-refractivity contribution in [2.24, 2.45) is 0 Å². The van der Waals surface area contributed by atoms with Crippen LogP contribution < -0.4 is 5.32 Å². The summed E-state index contributed by atoms with van der Waals surface area (Å²) in [6.45, 7) is 5.21. The third-order valence-electron chi connectivity index (χ3n) is 3.27. The number of thioether (sulfide) groups is 1. The number of rotatable bonds is 3. The largest absolute Gasteiger partial charge is 0.395 e. The van der Waals surface area contributed by atoms with Crippen LogP contribution in [0.5, 0.6) is 0 Å². The zero-order valence-corrected chi connectivity index (χ0v) is 12.7. The van der Waals surface area contributed by atoms with Crippen molar-refractivity contribution in [3.05, 3.63) is 16.8 Å². The number of nitrogens with one attached hydrogen (secondary N) is 1. The number of hydrogen-bond acceptors (Lipinski definition) is 6. The molecule has 0 aliphatic carbocycles. The van der Waals surface area contributed by atoms with E-state index in [0.717, 1.165) is 28.2 Å². The third-order valence-corrected chi connectivity index (χ3v) is 5.95. The zero-order chi connectivity index (χ0) is 13.5. The van der Waals surface area contributed by atoms with Gasteiger partial charge in [-0.05, 0) is 12.0 Å². The van der Waals surface area contributed by atoms with Gasteiger partial charge in [-0.3, -0.25) is 0 Å². The Morgan fingerprint density at radius 1 is 1.42 bits per heavy atom. The summed E-state index contributed by atoms with van der Waals surface area (Å²) >= 11 is 3.78. The van der Waals surface area contributed by atoms with Gasteiger partial charge in [0.1, 0.15) is 17.0 Å². The van der Waals surface area contributed by atoms with E-state index in [4.69, 9.17) is 5.11 Å². The Bertz CT molecular complexity index is 609. The van der Waals surface area contributed by atoms with Gasteiger partial charge in [-0.25, -0.2) is 9.97 Å². The van der Waals surface area contributed by atoms with Crippen LogP contribution in [0.3, 0.4) is 0 Å². The summed E-state index contributed by atoms with van der Waals surface area (Å²) in [7, 11) is 0. The molecule has 3 rings (SSSR count). The van der Waals surface area contributed by atoms with Crippen LogP contribution in [0.2, 0.25) is 0 Å². The summed E-state index contributed by atoms with van der Waals surface area (Å²) in [5.41, 5.74) is 1.39. The van der Waals surface area contributed by atoms with E-state index >= 15 is 0 Å². The van der Waals surface area contributed by atoms with E-state index in [1.165, 1.54) is 10.4 Å². The molecule has 2 aromatic heterocycles. The number of aliphatic hydroxyl groups excluding tert-OH is 1. The standard InChI is InChI=1S/C13H17N3OS2/c1-13(2)5-8-9(6-18-13)19-12-10(8)11(14-3-4-17)15-7-16-12/h7,17H,3-6H2,1-2H3,(H,14,15,16). The van der Waals surface area contributed by atoms with E-state index in [1.54, 1.807) is 17.7 Å². The zero-order valence-electron chi connectivity index (χ0n) is 11.1. The van der Waals surface area contributed by atoms with E-state index in [1.807, 2.05) is 11.8 Å². The molecule has 0 fully saturated rings. The minimum absolute atomic E-state index is 0.110. The van der Waals surface area contributed by atoms with Gasteiger partial charge in [0.25, 0.3) is 0 Å². The topological polar surface area (TPSA) is 58.0 Å². The molecule has 1 aliphatic heterocycles. The molecule has 2 aromatic rings. The normalized spacial score (nSPS) is 17.4. The number of anilines is 1. The molecule has 0 atom stereocenters. The van der Waals surface area contributed by atoms with Gasteiger partial charge in [-0.2, -0.15) is 0 Å². The summed E-state index contributed by atoms with van der Waals surface area (Å²) in [4.78, 5) is 11.2. The molecule has 0 radical (unpaired) electrons. The predicted molar refractivity (Wildman–Crippen MR) is 82.1 cm³/mol. The highest BCUT2D eigenvalue weighted by atomic mass is 32.2. The van der Waals surface area contributed by atoms with E-state index in [-0.39, 0.29) is 11.4 Å². The maximum absolute atomic E-state index is 8.97. The van der Waals surface area contributed by atoms with Crippen LogP contribution >= 0.6 is 23.1 Å². The average molecular weight is 295 g/mol. The fourth-order valence-corrected chi connectivity index (χ4v) is 4.69. The van der Waals surface area contributed by atoms with Crippen LogP contribution in [-0.2, 0) is 12.2 Å². The summed E-state index contributed by atoms with van der Waals surface area (Å²) < 4.78 is 0.269. The predicted octanol–water partition coefficient (Wildman–Crippen LogP) is 2.66. The second-order valence-corrected chi connectivity index (χ2v) is 8.05. The van der Waals surface area contributed by atoms with Gasteiger partial charge in [-0.1, -0.05) is 13.8 Å². The van der Waals surface area contributed by atoms with Crippen molar-refractivity contribution in [3.63, 3.8) is 0 Å². The minimum atomic E-state index is 0.110. The molecule has 0 saturated carbocycles. The molecule has 0 spiro atoms. The van der Waals surface area contributed by atoms with Crippen molar-refractivity contribution in [2.75, 3.05) is 18.5 Å². The quantitative estimate of drug-likeness (QED) is 0.911. The number of aliphatic hydroxyl groups is 1. The van der Waals surface area contributed by atoms with Crippen LogP contribution in [0.25, 0.3) is 10.2 Å². The van der Waals surface area contributed by atoms with Gasteiger partial charge in [0.15, 0.2) is 0 Å². The van der Waals surface area contributed by atoms with Crippen molar-refractivity contribution in [1.29, 1.82) is 0 Å². The van der Waals surface area contributed by atoms with Crippen LogP contribution in [0.1, 0.15) is 24.3 Å². The summed E-state index contributed by atoms with van der Waals surface area (Å²) in [5, 5.41) is 13.3. The Balaban J connectivity index is 2.11. The molecule has 19 heavy (non-hydrogen) atoms. The molecule has 0 aromatic carbocycles. The molecule has 4 nitrogen and oxygen atoms in total. The number of aromatic nitrogens is 2. The van der Waals surface area contributed by atoms with Crippen molar-refractivity contribution in [3.8, 4) is 0 Å². The van der Waals surface area contributed by atoms with Crippen LogP contribution in [0, 0.1) is 0 Å². The minimum Gasteiger partial charge on any atom is -0.395 e. The molecular formula is C13H17N3OS2. The van der Waals surface area contributed by atoms with E-state index in [9.17, 15) is 0 Å². The number of hydrogen-bond donors (Lipinski definition) is 2.